The third kappa shape index (κ3) is 3.67. The van der Waals surface area contributed by atoms with Crippen molar-refractivity contribution in [1.82, 2.24) is 4.90 Å². The first-order valence-corrected chi connectivity index (χ1v) is 7.04. The molecule has 1 saturated carbocycles. The van der Waals surface area contributed by atoms with Crippen molar-refractivity contribution in [3.8, 4) is 0 Å². The lowest BCUT2D eigenvalue weighted by Crippen LogP contribution is -2.57. The molecule has 1 saturated heterocycles. The molecule has 0 aromatic carbocycles. The summed E-state index contributed by atoms with van der Waals surface area (Å²) in [7, 11) is 0. The number of nitrogens with two attached hydrogens (primary N) is 1. The van der Waals surface area contributed by atoms with Gasteiger partial charge in [-0.15, -0.1) is 0 Å². The van der Waals surface area contributed by atoms with Crippen molar-refractivity contribution in [2.75, 3.05) is 26.2 Å². The molecule has 2 fully saturated rings. The van der Waals surface area contributed by atoms with E-state index in [1.807, 2.05) is 0 Å². The molecular weight excluding hydrogens is 212 g/mol. The van der Waals surface area contributed by atoms with Crippen LogP contribution in [0.1, 0.15) is 46.5 Å². The summed E-state index contributed by atoms with van der Waals surface area (Å²) in [5.74, 6) is 0.794. The smallest absolute Gasteiger partial charge is 0.0753 e. The first-order chi connectivity index (χ1) is 7.89. The van der Waals surface area contributed by atoms with E-state index in [0.717, 1.165) is 32.2 Å². The molecule has 1 aliphatic heterocycles. The third-order valence-corrected chi connectivity index (χ3v) is 4.17. The molecule has 1 heterocycles. The van der Waals surface area contributed by atoms with E-state index in [2.05, 4.69) is 25.7 Å². The highest BCUT2D eigenvalue weighted by Gasteiger charge is 2.35. The number of ether oxygens (including phenoxy) is 1. The Hall–Kier alpha value is -0.120. The Morgan fingerprint density at radius 2 is 2.18 bits per heavy atom. The maximum Gasteiger partial charge on any atom is 0.0753 e. The normalized spacial score (nSPS) is 39.2. The zero-order chi connectivity index (χ0) is 12.5. The van der Waals surface area contributed by atoms with E-state index in [1.165, 1.54) is 25.7 Å². The Balaban J connectivity index is 1.91. The van der Waals surface area contributed by atoms with E-state index in [-0.39, 0.29) is 11.1 Å². The summed E-state index contributed by atoms with van der Waals surface area (Å²) in [4.78, 5) is 2.50. The average Bonchev–Trinajstić information content (AvgIpc) is 2.14. The first kappa shape index (κ1) is 13.3. The highest BCUT2D eigenvalue weighted by molar-refractivity contribution is 4.94. The summed E-state index contributed by atoms with van der Waals surface area (Å²) in [6.07, 6.45) is 5.03. The lowest BCUT2D eigenvalue weighted by Gasteiger charge is -2.44. The highest BCUT2D eigenvalue weighted by Crippen LogP contribution is 2.31. The predicted molar refractivity (Wildman–Crippen MR) is 71.0 cm³/mol. The molecule has 0 aromatic rings. The van der Waals surface area contributed by atoms with E-state index in [1.54, 1.807) is 0 Å². The molecule has 0 aromatic heterocycles. The molecule has 2 atom stereocenters. The second-order valence-corrected chi connectivity index (χ2v) is 6.88. The van der Waals surface area contributed by atoms with E-state index in [9.17, 15) is 0 Å². The number of morpholine rings is 1. The quantitative estimate of drug-likeness (QED) is 0.802. The van der Waals surface area contributed by atoms with Crippen LogP contribution >= 0.6 is 0 Å². The number of rotatable bonds is 2. The molecule has 2 rings (SSSR count). The van der Waals surface area contributed by atoms with Crippen LogP contribution in [0.2, 0.25) is 0 Å². The van der Waals surface area contributed by atoms with Gasteiger partial charge in [0.05, 0.1) is 12.2 Å². The Morgan fingerprint density at radius 1 is 1.41 bits per heavy atom. The van der Waals surface area contributed by atoms with Gasteiger partial charge in [0, 0.05) is 25.2 Å². The molecule has 100 valence electrons. The summed E-state index contributed by atoms with van der Waals surface area (Å²) >= 11 is 0. The van der Waals surface area contributed by atoms with Crippen LogP contribution in [0.15, 0.2) is 0 Å². The van der Waals surface area contributed by atoms with Crippen LogP contribution in [0.5, 0.6) is 0 Å². The second kappa shape index (κ2) is 4.87. The molecule has 3 nitrogen and oxygen atoms in total. The zero-order valence-electron chi connectivity index (χ0n) is 11.7. The van der Waals surface area contributed by atoms with Gasteiger partial charge in [-0.3, -0.25) is 4.90 Å². The van der Waals surface area contributed by atoms with Crippen LogP contribution in [0.3, 0.4) is 0 Å². The summed E-state index contributed by atoms with van der Waals surface area (Å²) in [5, 5.41) is 0. The SMILES string of the molecule is CC1CCCC(N)(CN2CCOC(C)(C)C2)C1. The molecule has 2 aliphatic rings. The zero-order valence-corrected chi connectivity index (χ0v) is 11.7. The molecule has 2 unspecified atom stereocenters. The van der Waals surface area contributed by atoms with E-state index in [0.29, 0.717) is 0 Å². The largest absolute Gasteiger partial charge is 0.373 e. The van der Waals surface area contributed by atoms with Gasteiger partial charge < -0.3 is 10.5 Å². The minimum absolute atomic E-state index is 0.00507. The van der Waals surface area contributed by atoms with Crippen molar-refractivity contribution in [2.45, 2.75) is 57.6 Å². The van der Waals surface area contributed by atoms with Gasteiger partial charge in [-0.05, 0) is 32.6 Å². The van der Waals surface area contributed by atoms with Crippen molar-refractivity contribution >= 4 is 0 Å². The van der Waals surface area contributed by atoms with E-state index < -0.39 is 0 Å². The van der Waals surface area contributed by atoms with Crippen LogP contribution in [-0.4, -0.2) is 42.3 Å². The second-order valence-electron chi connectivity index (χ2n) is 6.88. The Labute approximate surface area is 106 Å². The summed E-state index contributed by atoms with van der Waals surface area (Å²) < 4.78 is 5.76. The monoisotopic (exact) mass is 240 g/mol. The fourth-order valence-corrected chi connectivity index (χ4v) is 3.54. The molecule has 17 heavy (non-hydrogen) atoms. The molecule has 3 heteroatoms. The minimum atomic E-state index is -0.00507. The molecule has 2 N–H and O–H groups in total. The van der Waals surface area contributed by atoms with Crippen molar-refractivity contribution in [2.24, 2.45) is 11.7 Å². The molecule has 0 bridgehead atoms. The summed E-state index contributed by atoms with van der Waals surface area (Å²) in [5.41, 5.74) is 6.63. The molecule has 0 radical (unpaired) electrons. The van der Waals surface area contributed by atoms with Crippen molar-refractivity contribution < 1.29 is 4.74 Å². The van der Waals surface area contributed by atoms with Crippen molar-refractivity contribution in [1.29, 1.82) is 0 Å². The maximum absolute atomic E-state index is 6.59. The maximum atomic E-state index is 6.59. The number of hydrogen-bond acceptors (Lipinski definition) is 3. The molecule has 0 spiro atoms. The lowest BCUT2D eigenvalue weighted by atomic mass is 9.76. The highest BCUT2D eigenvalue weighted by atomic mass is 16.5. The first-order valence-electron chi connectivity index (χ1n) is 7.04. The van der Waals surface area contributed by atoms with Crippen LogP contribution in [0, 0.1) is 5.92 Å². The molecular formula is C14H28N2O. The predicted octanol–water partition coefficient (Wildman–Crippen LogP) is 2.00. The standard InChI is InChI=1S/C14H28N2O/c1-12-5-4-6-14(15,9-12)11-16-7-8-17-13(2,3)10-16/h12H,4-11,15H2,1-3H3. The van der Waals surface area contributed by atoms with Gasteiger partial charge in [-0.25, -0.2) is 0 Å². The van der Waals surface area contributed by atoms with Crippen LogP contribution in [0.4, 0.5) is 0 Å². The van der Waals surface area contributed by atoms with Gasteiger partial charge in [-0.1, -0.05) is 19.8 Å². The number of nitrogens with zero attached hydrogens (tertiary/aromatic N) is 1. The van der Waals surface area contributed by atoms with Gasteiger partial charge in [0.1, 0.15) is 0 Å². The van der Waals surface area contributed by atoms with E-state index in [4.69, 9.17) is 10.5 Å². The van der Waals surface area contributed by atoms with Crippen molar-refractivity contribution in [3.63, 3.8) is 0 Å². The summed E-state index contributed by atoms with van der Waals surface area (Å²) in [6.45, 7) is 10.6. The molecule has 0 amide bonds. The third-order valence-electron chi connectivity index (χ3n) is 4.17. The fourth-order valence-electron chi connectivity index (χ4n) is 3.54. The Morgan fingerprint density at radius 3 is 2.82 bits per heavy atom. The minimum Gasteiger partial charge on any atom is -0.373 e. The van der Waals surface area contributed by atoms with Gasteiger partial charge in [0.15, 0.2) is 0 Å². The number of hydrogen-bond donors (Lipinski definition) is 1. The van der Waals surface area contributed by atoms with Crippen LogP contribution in [-0.2, 0) is 4.74 Å². The average molecular weight is 240 g/mol. The van der Waals surface area contributed by atoms with Crippen molar-refractivity contribution in [3.05, 3.63) is 0 Å². The topological polar surface area (TPSA) is 38.5 Å². The lowest BCUT2D eigenvalue weighted by molar-refractivity contribution is -0.0916. The Kier molecular flexibility index (Phi) is 3.81. The van der Waals surface area contributed by atoms with E-state index >= 15 is 0 Å². The van der Waals surface area contributed by atoms with Crippen LogP contribution < -0.4 is 5.73 Å². The fraction of sp³-hybridized carbons (Fsp3) is 1.00. The van der Waals surface area contributed by atoms with Crippen LogP contribution in [0.25, 0.3) is 0 Å². The Bertz CT molecular complexity index is 267. The summed E-state index contributed by atoms with van der Waals surface area (Å²) in [6, 6.07) is 0. The van der Waals surface area contributed by atoms with Gasteiger partial charge >= 0.3 is 0 Å². The van der Waals surface area contributed by atoms with Gasteiger partial charge in [0.2, 0.25) is 0 Å². The van der Waals surface area contributed by atoms with Gasteiger partial charge in [0.25, 0.3) is 0 Å². The molecule has 1 aliphatic carbocycles. The van der Waals surface area contributed by atoms with Gasteiger partial charge in [-0.2, -0.15) is 0 Å².